The van der Waals surface area contributed by atoms with E-state index in [2.05, 4.69) is 23.0 Å². The lowest BCUT2D eigenvalue weighted by Gasteiger charge is -2.32. The maximum absolute atomic E-state index is 6.13. The fourth-order valence-electron chi connectivity index (χ4n) is 2.35. The molecule has 0 bridgehead atoms. The summed E-state index contributed by atoms with van der Waals surface area (Å²) in [7, 11) is 1.96. The van der Waals surface area contributed by atoms with Crippen LogP contribution >= 0.6 is 11.6 Å². The average Bonchev–Trinajstić information content (AvgIpc) is 2.65. The Morgan fingerprint density at radius 3 is 2.69 bits per heavy atom. The largest absolute Gasteiger partial charge is 0.297 e. The maximum atomic E-state index is 6.13. The summed E-state index contributed by atoms with van der Waals surface area (Å²) in [6.45, 7) is 5.39. The molecule has 0 N–H and O–H groups in total. The molecule has 1 aromatic heterocycles. The standard InChI is InChI=1S/C12H20ClN3/c1-10(13)11-3-7-16(8-4-11)9-12-5-6-15(2)14-12/h5-6,10-11H,3-4,7-9H2,1-2H3. The van der Waals surface area contributed by atoms with E-state index in [9.17, 15) is 0 Å². The van der Waals surface area contributed by atoms with Crippen molar-refractivity contribution in [3.8, 4) is 0 Å². The zero-order valence-corrected chi connectivity index (χ0v) is 10.8. The normalized spacial score (nSPS) is 21.2. The van der Waals surface area contributed by atoms with E-state index in [0.29, 0.717) is 11.3 Å². The Morgan fingerprint density at radius 2 is 2.19 bits per heavy atom. The Balaban J connectivity index is 1.81. The van der Waals surface area contributed by atoms with E-state index in [0.717, 1.165) is 19.6 Å². The molecule has 1 aliphatic heterocycles. The van der Waals surface area contributed by atoms with Crippen molar-refractivity contribution in [1.29, 1.82) is 0 Å². The number of rotatable bonds is 3. The van der Waals surface area contributed by atoms with E-state index in [4.69, 9.17) is 11.6 Å². The molecule has 0 saturated carbocycles. The van der Waals surface area contributed by atoms with Crippen molar-refractivity contribution in [2.24, 2.45) is 13.0 Å². The van der Waals surface area contributed by atoms with Crippen LogP contribution in [0.15, 0.2) is 12.3 Å². The minimum atomic E-state index is 0.317. The fraction of sp³-hybridized carbons (Fsp3) is 0.750. The summed E-state index contributed by atoms with van der Waals surface area (Å²) in [4.78, 5) is 2.47. The number of likely N-dealkylation sites (tertiary alicyclic amines) is 1. The lowest BCUT2D eigenvalue weighted by Crippen LogP contribution is -2.35. The van der Waals surface area contributed by atoms with Gasteiger partial charge < -0.3 is 0 Å². The van der Waals surface area contributed by atoms with Gasteiger partial charge in [-0.1, -0.05) is 0 Å². The van der Waals surface area contributed by atoms with E-state index in [1.165, 1.54) is 18.5 Å². The number of nitrogens with zero attached hydrogens (tertiary/aromatic N) is 3. The average molecular weight is 242 g/mol. The maximum Gasteiger partial charge on any atom is 0.0764 e. The van der Waals surface area contributed by atoms with Crippen molar-refractivity contribution >= 4 is 11.6 Å². The predicted octanol–water partition coefficient (Wildman–Crippen LogP) is 2.26. The van der Waals surface area contributed by atoms with Gasteiger partial charge in [0, 0.05) is 25.2 Å². The molecule has 4 heteroatoms. The molecule has 2 heterocycles. The van der Waals surface area contributed by atoms with Crippen molar-refractivity contribution in [3.05, 3.63) is 18.0 Å². The molecule has 1 aliphatic rings. The highest BCUT2D eigenvalue weighted by molar-refractivity contribution is 6.20. The summed E-state index contributed by atoms with van der Waals surface area (Å²) in [5.41, 5.74) is 1.17. The molecule has 16 heavy (non-hydrogen) atoms. The minimum absolute atomic E-state index is 0.317. The van der Waals surface area contributed by atoms with Crippen LogP contribution < -0.4 is 0 Å². The van der Waals surface area contributed by atoms with Gasteiger partial charge in [0.2, 0.25) is 0 Å². The molecule has 1 unspecified atom stereocenters. The van der Waals surface area contributed by atoms with Gasteiger partial charge >= 0.3 is 0 Å². The highest BCUT2D eigenvalue weighted by Crippen LogP contribution is 2.24. The van der Waals surface area contributed by atoms with Gasteiger partial charge in [-0.2, -0.15) is 5.10 Å². The first kappa shape index (κ1) is 11.9. The minimum Gasteiger partial charge on any atom is -0.297 e. The second-order valence-corrected chi connectivity index (χ2v) is 5.46. The van der Waals surface area contributed by atoms with E-state index in [-0.39, 0.29) is 0 Å². The Labute approximate surface area is 102 Å². The highest BCUT2D eigenvalue weighted by atomic mass is 35.5. The fourth-order valence-corrected chi connectivity index (χ4v) is 2.60. The van der Waals surface area contributed by atoms with Gasteiger partial charge in [0.1, 0.15) is 0 Å². The monoisotopic (exact) mass is 241 g/mol. The van der Waals surface area contributed by atoms with Crippen LogP contribution in [0.2, 0.25) is 0 Å². The van der Waals surface area contributed by atoms with Gasteiger partial charge in [-0.25, -0.2) is 0 Å². The lowest BCUT2D eigenvalue weighted by atomic mass is 9.94. The SMILES string of the molecule is CC(Cl)C1CCN(Cc2ccn(C)n2)CC1. The summed E-state index contributed by atoms with van der Waals surface area (Å²) in [6.07, 6.45) is 4.44. The zero-order chi connectivity index (χ0) is 11.5. The molecule has 0 amide bonds. The van der Waals surface area contributed by atoms with Crippen LogP contribution in [0.4, 0.5) is 0 Å². The summed E-state index contributed by atoms with van der Waals surface area (Å²) in [5.74, 6) is 0.696. The number of piperidine rings is 1. The molecule has 1 atom stereocenters. The van der Waals surface area contributed by atoms with Crippen molar-refractivity contribution in [2.75, 3.05) is 13.1 Å². The van der Waals surface area contributed by atoms with Gasteiger partial charge in [-0.3, -0.25) is 9.58 Å². The van der Waals surface area contributed by atoms with Crippen LogP contribution in [0.1, 0.15) is 25.5 Å². The highest BCUT2D eigenvalue weighted by Gasteiger charge is 2.22. The molecule has 0 aliphatic carbocycles. The third kappa shape index (κ3) is 2.98. The van der Waals surface area contributed by atoms with Gasteiger partial charge in [-0.05, 0) is 44.8 Å². The summed E-state index contributed by atoms with van der Waals surface area (Å²) < 4.78 is 1.86. The predicted molar refractivity (Wildman–Crippen MR) is 66.5 cm³/mol. The second-order valence-electron chi connectivity index (χ2n) is 4.77. The molecule has 90 valence electrons. The van der Waals surface area contributed by atoms with Crippen molar-refractivity contribution < 1.29 is 0 Å². The quantitative estimate of drug-likeness (QED) is 0.757. The van der Waals surface area contributed by atoms with Crippen LogP contribution in [0.25, 0.3) is 0 Å². The second kappa shape index (κ2) is 5.19. The van der Waals surface area contributed by atoms with Crippen molar-refractivity contribution in [1.82, 2.24) is 14.7 Å². The molecule has 0 radical (unpaired) electrons. The van der Waals surface area contributed by atoms with E-state index >= 15 is 0 Å². The molecule has 0 aromatic carbocycles. The Hall–Kier alpha value is -0.540. The topological polar surface area (TPSA) is 21.1 Å². The lowest BCUT2D eigenvalue weighted by molar-refractivity contribution is 0.174. The van der Waals surface area contributed by atoms with E-state index in [1.807, 2.05) is 17.9 Å². The van der Waals surface area contributed by atoms with Gasteiger partial charge in [0.25, 0.3) is 0 Å². The number of hydrogen-bond acceptors (Lipinski definition) is 2. The first-order valence-electron chi connectivity index (χ1n) is 6.00. The van der Waals surface area contributed by atoms with Gasteiger partial charge in [-0.15, -0.1) is 11.6 Å². The number of hydrogen-bond donors (Lipinski definition) is 0. The smallest absolute Gasteiger partial charge is 0.0764 e. The van der Waals surface area contributed by atoms with Gasteiger partial charge in [0.05, 0.1) is 5.69 Å². The summed E-state index contributed by atoms with van der Waals surface area (Å²) in [5, 5.41) is 4.72. The zero-order valence-electron chi connectivity index (χ0n) is 10.1. The van der Waals surface area contributed by atoms with Crippen LogP contribution in [0, 0.1) is 5.92 Å². The van der Waals surface area contributed by atoms with E-state index < -0.39 is 0 Å². The molecule has 2 rings (SSSR count). The number of halogens is 1. The van der Waals surface area contributed by atoms with Crippen LogP contribution in [-0.4, -0.2) is 33.1 Å². The Bertz CT molecular complexity index is 327. The molecule has 1 aromatic rings. The summed E-state index contributed by atoms with van der Waals surface area (Å²) in [6, 6.07) is 2.09. The van der Waals surface area contributed by atoms with Gasteiger partial charge in [0.15, 0.2) is 0 Å². The molecule has 0 spiro atoms. The Kier molecular flexibility index (Phi) is 3.87. The number of aryl methyl sites for hydroxylation is 1. The molecule has 3 nitrogen and oxygen atoms in total. The van der Waals surface area contributed by atoms with E-state index in [1.54, 1.807) is 0 Å². The molecule has 1 fully saturated rings. The van der Waals surface area contributed by atoms with Crippen LogP contribution in [0.5, 0.6) is 0 Å². The first-order chi connectivity index (χ1) is 7.65. The molecule has 1 saturated heterocycles. The number of alkyl halides is 1. The molecular weight excluding hydrogens is 222 g/mol. The first-order valence-corrected chi connectivity index (χ1v) is 6.44. The third-order valence-electron chi connectivity index (χ3n) is 3.44. The van der Waals surface area contributed by atoms with Crippen LogP contribution in [-0.2, 0) is 13.6 Å². The number of aromatic nitrogens is 2. The summed E-state index contributed by atoms with van der Waals surface area (Å²) >= 11 is 6.13. The molecular formula is C12H20ClN3. The van der Waals surface area contributed by atoms with Crippen molar-refractivity contribution in [2.45, 2.75) is 31.7 Å². The Morgan fingerprint density at radius 1 is 1.50 bits per heavy atom. The van der Waals surface area contributed by atoms with Crippen molar-refractivity contribution in [3.63, 3.8) is 0 Å². The van der Waals surface area contributed by atoms with Crippen LogP contribution in [0.3, 0.4) is 0 Å². The third-order valence-corrected chi connectivity index (χ3v) is 3.79.